The summed E-state index contributed by atoms with van der Waals surface area (Å²) >= 11 is 0. The van der Waals surface area contributed by atoms with Crippen molar-refractivity contribution in [1.82, 2.24) is 9.47 Å². The fraction of sp³-hybridized carbons (Fsp3) is 0.448. The molecule has 3 unspecified atom stereocenters. The number of nitrogens with zero attached hydrogens (tertiary/aromatic N) is 2. The van der Waals surface area contributed by atoms with E-state index in [1.165, 1.54) is 32.4 Å². The molecule has 0 aliphatic carbocycles. The fourth-order valence-corrected chi connectivity index (χ4v) is 5.70. The van der Waals surface area contributed by atoms with Crippen LogP contribution in [0.1, 0.15) is 12.1 Å². The highest BCUT2D eigenvalue weighted by molar-refractivity contribution is 7.89. The van der Waals surface area contributed by atoms with Crippen LogP contribution in [0.5, 0.6) is 5.75 Å². The van der Waals surface area contributed by atoms with E-state index in [0.29, 0.717) is 35.2 Å². The predicted molar refractivity (Wildman–Crippen MR) is 159 cm³/mol. The van der Waals surface area contributed by atoms with E-state index in [0.717, 1.165) is 4.57 Å². The summed E-state index contributed by atoms with van der Waals surface area (Å²) in [6, 6.07) is 9.81. The molecule has 5 N–H and O–H groups in total. The lowest BCUT2D eigenvalue weighted by Crippen LogP contribution is -2.50. The van der Waals surface area contributed by atoms with Crippen LogP contribution in [-0.4, -0.2) is 94.5 Å². The Morgan fingerprint density at radius 3 is 2.61 bits per heavy atom. The van der Waals surface area contributed by atoms with Crippen molar-refractivity contribution in [3.8, 4) is 17.6 Å². The number of fused-ring (bicyclic) bond motifs is 1. The maximum Gasteiger partial charge on any atom is 0.406 e. The van der Waals surface area contributed by atoms with Crippen LogP contribution in [0.25, 0.3) is 10.9 Å². The molecule has 0 saturated carbocycles. The quantitative estimate of drug-likeness (QED) is 0.186. The monoisotopic (exact) mass is 641 g/mol. The number of methoxy groups -OCH3 is 2. The summed E-state index contributed by atoms with van der Waals surface area (Å²) in [5, 5.41) is 21.8. The summed E-state index contributed by atoms with van der Waals surface area (Å²) in [5.41, 5.74) is 1.31. The number of halogens is 4. The molecule has 1 aromatic heterocycles. The van der Waals surface area contributed by atoms with Crippen LogP contribution >= 0.6 is 0 Å². The summed E-state index contributed by atoms with van der Waals surface area (Å²) in [5.74, 6) is 5.80. The van der Waals surface area contributed by atoms with Crippen LogP contribution < -0.4 is 20.5 Å². The number of nitrogens with two attached hydrogens (primary N) is 1. The Balaban J connectivity index is 1.54. The van der Waals surface area contributed by atoms with Gasteiger partial charge >= 0.3 is 6.18 Å². The van der Waals surface area contributed by atoms with Crippen LogP contribution in [0.4, 0.5) is 28.9 Å². The highest BCUT2D eigenvalue weighted by Crippen LogP contribution is 2.32. The number of ether oxygens (including phenoxy) is 2. The number of benzene rings is 2. The molecule has 240 valence electrons. The minimum Gasteiger partial charge on any atom is -0.495 e. The smallest absolute Gasteiger partial charge is 0.406 e. The minimum absolute atomic E-state index is 0.00488. The second-order valence-electron chi connectivity index (χ2n) is 10.5. The number of piperidine rings is 1. The zero-order valence-electron chi connectivity index (χ0n) is 24.2. The Kier molecular flexibility index (Phi) is 10.6. The third-order valence-electron chi connectivity index (χ3n) is 7.16. The van der Waals surface area contributed by atoms with Crippen LogP contribution in [-0.2, 0) is 21.3 Å². The molecule has 3 aromatic rings. The van der Waals surface area contributed by atoms with Crippen molar-refractivity contribution in [2.24, 2.45) is 5.14 Å². The molecule has 0 bridgehead atoms. The summed E-state index contributed by atoms with van der Waals surface area (Å²) in [6.07, 6.45) is -6.09. The summed E-state index contributed by atoms with van der Waals surface area (Å²) < 4.78 is 90.4. The summed E-state index contributed by atoms with van der Waals surface area (Å²) in [4.78, 5) is 1.68. The average molecular weight is 642 g/mol. The number of primary sulfonamides is 1. The molecule has 10 nitrogen and oxygen atoms in total. The molecule has 1 aliphatic heterocycles. The van der Waals surface area contributed by atoms with E-state index in [1.807, 2.05) is 4.90 Å². The van der Waals surface area contributed by atoms with E-state index < -0.39 is 41.1 Å². The van der Waals surface area contributed by atoms with Gasteiger partial charge in [0.1, 0.15) is 18.5 Å². The number of likely N-dealkylation sites (tertiary alicyclic amines) is 1. The number of anilines is 2. The number of β-amino-alcohol motifs (C(OH)–C–C–N with tert-alkyl or cyclic N) is 1. The second-order valence-corrected chi connectivity index (χ2v) is 12.0. The zero-order chi connectivity index (χ0) is 32.1. The van der Waals surface area contributed by atoms with Gasteiger partial charge < -0.3 is 29.8 Å². The number of alkyl halides is 4. The topological polar surface area (TPSA) is 131 Å². The Bertz CT molecular complexity index is 1620. The van der Waals surface area contributed by atoms with Gasteiger partial charge in [-0.3, -0.25) is 4.90 Å². The Morgan fingerprint density at radius 2 is 1.95 bits per heavy atom. The molecule has 15 heteroatoms. The van der Waals surface area contributed by atoms with Gasteiger partial charge in [-0.15, -0.1) is 0 Å². The highest BCUT2D eigenvalue weighted by atomic mass is 32.2. The Morgan fingerprint density at radius 1 is 1.18 bits per heavy atom. The van der Waals surface area contributed by atoms with Crippen molar-refractivity contribution >= 4 is 32.3 Å². The van der Waals surface area contributed by atoms with E-state index in [9.17, 15) is 26.7 Å². The number of rotatable bonds is 11. The van der Waals surface area contributed by atoms with Crippen LogP contribution in [0.15, 0.2) is 47.4 Å². The average Bonchev–Trinajstić information content (AvgIpc) is 3.28. The van der Waals surface area contributed by atoms with Crippen molar-refractivity contribution in [3.63, 3.8) is 0 Å². The molecular formula is C29H35F4N5O5S. The lowest BCUT2D eigenvalue weighted by atomic mass is 10.0. The lowest BCUT2D eigenvalue weighted by molar-refractivity contribution is -0.140. The molecule has 2 heterocycles. The van der Waals surface area contributed by atoms with Crippen molar-refractivity contribution in [3.05, 3.63) is 48.2 Å². The number of hydrogen-bond donors (Lipinski definition) is 4. The molecule has 1 aliphatic rings. The molecule has 0 amide bonds. The molecule has 0 spiro atoms. The fourth-order valence-electron chi connectivity index (χ4n) is 5.17. The van der Waals surface area contributed by atoms with Gasteiger partial charge in [0.05, 0.1) is 54.2 Å². The lowest BCUT2D eigenvalue weighted by Gasteiger charge is -2.36. The first-order valence-corrected chi connectivity index (χ1v) is 15.3. The van der Waals surface area contributed by atoms with E-state index in [-0.39, 0.29) is 42.6 Å². The maximum atomic E-state index is 15.2. The van der Waals surface area contributed by atoms with Gasteiger partial charge in [0, 0.05) is 43.9 Å². The molecule has 1 fully saturated rings. The summed E-state index contributed by atoms with van der Waals surface area (Å²) in [7, 11) is -1.12. The highest BCUT2D eigenvalue weighted by Gasteiger charge is 2.32. The van der Waals surface area contributed by atoms with Gasteiger partial charge in [-0.25, -0.2) is 17.9 Å². The largest absolute Gasteiger partial charge is 0.495 e. The van der Waals surface area contributed by atoms with Crippen molar-refractivity contribution < 1.29 is 40.6 Å². The second kappa shape index (κ2) is 14.0. The van der Waals surface area contributed by atoms with Crippen molar-refractivity contribution in [1.29, 1.82) is 0 Å². The van der Waals surface area contributed by atoms with Gasteiger partial charge in [0.25, 0.3) is 0 Å². The molecule has 4 rings (SSSR count). The first-order valence-electron chi connectivity index (χ1n) is 13.7. The Hall–Kier alpha value is -3.55. The van der Waals surface area contributed by atoms with E-state index in [1.54, 1.807) is 24.3 Å². The number of sulfonamides is 1. The number of aliphatic hydroxyl groups excluding tert-OH is 1. The zero-order valence-corrected chi connectivity index (χ0v) is 25.0. The molecule has 0 radical (unpaired) electrons. The first kappa shape index (κ1) is 33.3. The van der Waals surface area contributed by atoms with Crippen molar-refractivity contribution in [2.45, 2.75) is 42.4 Å². The van der Waals surface area contributed by atoms with E-state index in [4.69, 9.17) is 14.6 Å². The normalized spacial score (nSPS) is 18.5. The molecule has 1 saturated heterocycles. The third kappa shape index (κ3) is 8.54. The molecule has 3 atom stereocenters. The Labute approximate surface area is 253 Å². The SMILES string of the molecule is COCC(O)CN1CCC(Nc2cccc3c2cc(C#CCNc2ccc(S(N)(=O)=O)cc2OC)n3CC(F)(F)F)C(F)C1. The molecular weight excluding hydrogens is 606 g/mol. The molecule has 44 heavy (non-hydrogen) atoms. The number of aromatic nitrogens is 1. The van der Waals surface area contributed by atoms with Gasteiger partial charge in [0.2, 0.25) is 10.0 Å². The summed E-state index contributed by atoms with van der Waals surface area (Å²) in [6.45, 7) is -0.206. The molecule has 2 aromatic carbocycles. The van der Waals surface area contributed by atoms with Crippen LogP contribution in [0.2, 0.25) is 0 Å². The standard InChI is InChI=1S/C29H35F4N5O5S/c1-42-17-20(39)15-37-12-10-25(23(30)16-37)36-24-6-3-7-27-22(24)13-19(38(27)18-29(31,32)33)5-4-11-35-26-9-8-21(44(34,40)41)14-28(26)43-2/h3,6-9,13-14,20,23,25,35-36,39H,10-12,15-18H2,1-2H3,(H2,34,40,41). The number of nitrogens with one attached hydrogen (secondary N) is 2. The minimum atomic E-state index is -4.52. The van der Waals surface area contributed by atoms with Gasteiger partial charge in [-0.2, -0.15) is 13.2 Å². The van der Waals surface area contributed by atoms with Crippen LogP contribution in [0.3, 0.4) is 0 Å². The number of aliphatic hydroxyl groups is 1. The predicted octanol–water partition coefficient (Wildman–Crippen LogP) is 3.15. The third-order valence-corrected chi connectivity index (χ3v) is 8.07. The van der Waals surface area contributed by atoms with Gasteiger partial charge in [-0.1, -0.05) is 12.0 Å². The van der Waals surface area contributed by atoms with Crippen LogP contribution in [0, 0.1) is 11.8 Å². The van der Waals surface area contributed by atoms with Gasteiger partial charge in [-0.05, 0) is 42.7 Å². The van der Waals surface area contributed by atoms with E-state index in [2.05, 4.69) is 22.5 Å². The van der Waals surface area contributed by atoms with Crippen molar-refractivity contribution in [2.75, 3.05) is 57.6 Å². The van der Waals surface area contributed by atoms with Gasteiger partial charge in [0.15, 0.2) is 0 Å². The van der Waals surface area contributed by atoms with E-state index >= 15 is 4.39 Å². The maximum absolute atomic E-state index is 15.2. The number of hydrogen-bond acceptors (Lipinski definition) is 8. The first-order chi connectivity index (χ1) is 20.8.